The molecule has 22 heavy (non-hydrogen) atoms. The number of halogens is 1. The third-order valence-electron chi connectivity index (χ3n) is 4.67. The van der Waals surface area contributed by atoms with Gasteiger partial charge < -0.3 is 9.47 Å². The molecule has 0 bridgehead atoms. The summed E-state index contributed by atoms with van der Waals surface area (Å²) in [7, 11) is 2.15. The zero-order valence-electron chi connectivity index (χ0n) is 12.7. The van der Waals surface area contributed by atoms with Gasteiger partial charge in [-0.05, 0) is 37.8 Å². The van der Waals surface area contributed by atoms with Crippen molar-refractivity contribution in [2.24, 2.45) is 0 Å². The smallest absolute Gasteiger partial charge is 0.128 e. The fourth-order valence-electron chi connectivity index (χ4n) is 3.28. The Bertz CT molecular complexity index is 665. The van der Waals surface area contributed by atoms with Crippen LogP contribution in [0.15, 0.2) is 51.8 Å². The fraction of sp³-hybridized carbons (Fsp3) is 0.412. The van der Waals surface area contributed by atoms with Gasteiger partial charge in [0.2, 0.25) is 0 Å². The maximum absolute atomic E-state index is 14.6. The molecule has 0 aromatic carbocycles. The lowest BCUT2D eigenvalue weighted by atomic mass is 9.99. The fourth-order valence-corrected chi connectivity index (χ4v) is 4.43. The molecule has 2 aliphatic heterocycles. The molecule has 0 N–H and O–H groups in total. The summed E-state index contributed by atoms with van der Waals surface area (Å²) in [5, 5.41) is 1.16. The number of thioether (sulfide) groups is 1. The molecule has 1 unspecified atom stereocenters. The number of allylic oxidation sites excluding steroid dienone is 3. The van der Waals surface area contributed by atoms with Gasteiger partial charge in [0.15, 0.2) is 0 Å². The third kappa shape index (κ3) is 2.57. The summed E-state index contributed by atoms with van der Waals surface area (Å²) in [5.41, 5.74) is 0.763. The molecule has 1 aromatic rings. The van der Waals surface area contributed by atoms with Gasteiger partial charge in [0.05, 0.1) is 5.03 Å². The number of aromatic nitrogens is 1. The van der Waals surface area contributed by atoms with E-state index in [-0.39, 0.29) is 11.9 Å². The Labute approximate surface area is 134 Å². The van der Waals surface area contributed by atoms with Gasteiger partial charge in [-0.3, -0.25) is 4.90 Å². The molecule has 1 fully saturated rings. The summed E-state index contributed by atoms with van der Waals surface area (Å²) in [5.74, 6) is -0.0697. The van der Waals surface area contributed by atoms with Crippen molar-refractivity contribution in [2.75, 3.05) is 33.2 Å². The SMILES string of the molecule is CN1CCN(C2C=C(F)C3=C(C2)Sc2cccn2C=C3)CC1. The molecule has 0 radical (unpaired) electrons. The molecular weight excluding hydrogens is 297 g/mol. The highest BCUT2D eigenvalue weighted by atomic mass is 32.2. The Morgan fingerprint density at radius 3 is 2.86 bits per heavy atom. The predicted octanol–water partition coefficient (Wildman–Crippen LogP) is 3.19. The van der Waals surface area contributed by atoms with E-state index in [4.69, 9.17) is 0 Å². The molecule has 1 aliphatic carbocycles. The number of piperazine rings is 1. The standard InChI is InChI=1S/C17H20FN3S/c1-19-7-9-20(10-8-19)13-11-15(18)14-4-6-21-5-2-3-17(21)22-16(14)12-13/h2-6,11,13H,7-10,12H2,1H3. The second-order valence-electron chi connectivity index (χ2n) is 6.13. The summed E-state index contributed by atoms with van der Waals surface area (Å²) in [6.45, 7) is 4.16. The second kappa shape index (κ2) is 5.72. The maximum Gasteiger partial charge on any atom is 0.128 e. The van der Waals surface area contributed by atoms with Crippen LogP contribution in [-0.2, 0) is 0 Å². The van der Waals surface area contributed by atoms with E-state index in [0.29, 0.717) is 0 Å². The zero-order chi connectivity index (χ0) is 15.1. The molecule has 116 valence electrons. The summed E-state index contributed by atoms with van der Waals surface area (Å²) in [6, 6.07) is 4.31. The Morgan fingerprint density at radius 1 is 1.23 bits per heavy atom. The minimum atomic E-state index is -0.0697. The normalized spacial score (nSPS) is 26.5. The van der Waals surface area contributed by atoms with Crippen LogP contribution in [0.2, 0.25) is 0 Å². The lowest BCUT2D eigenvalue weighted by molar-refractivity contribution is 0.129. The molecule has 1 atom stereocenters. The molecular formula is C17H20FN3S. The van der Waals surface area contributed by atoms with Crippen molar-refractivity contribution < 1.29 is 4.39 Å². The van der Waals surface area contributed by atoms with Crippen LogP contribution in [0, 0.1) is 0 Å². The first-order valence-electron chi connectivity index (χ1n) is 7.77. The van der Waals surface area contributed by atoms with Crippen molar-refractivity contribution in [3.63, 3.8) is 0 Å². The van der Waals surface area contributed by atoms with E-state index in [1.807, 2.05) is 30.6 Å². The highest BCUT2D eigenvalue weighted by Crippen LogP contribution is 2.41. The minimum Gasteiger partial charge on any atom is -0.318 e. The van der Waals surface area contributed by atoms with Crippen molar-refractivity contribution in [1.29, 1.82) is 0 Å². The summed E-state index contributed by atoms with van der Waals surface area (Å²) in [4.78, 5) is 5.90. The monoisotopic (exact) mass is 317 g/mol. The number of nitrogens with zero attached hydrogens (tertiary/aromatic N) is 3. The number of hydrogen-bond acceptors (Lipinski definition) is 3. The van der Waals surface area contributed by atoms with Gasteiger partial charge in [0, 0.05) is 55.1 Å². The molecule has 4 rings (SSSR count). The van der Waals surface area contributed by atoms with Crippen LogP contribution in [0.4, 0.5) is 4.39 Å². The predicted molar refractivity (Wildman–Crippen MR) is 89.3 cm³/mol. The molecule has 1 aromatic heterocycles. The molecule has 0 saturated carbocycles. The maximum atomic E-state index is 14.6. The average molecular weight is 317 g/mol. The van der Waals surface area contributed by atoms with Gasteiger partial charge in [-0.2, -0.15) is 0 Å². The van der Waals surface area contributed by atoms with Crippen molar-refractivity contribution in [1.82, 2.24) is 14.4 Å². The Kier molecular flexibility index (Phi) is 3.72. The van der Waals surface area contributed by atoms with E-state index in [0.717, 1.165) is 48.1 Å². The minimum absolute atomic E-state index is 0.0697. The van der Waals surface area contributed by atoms with Crippen LogP contribution in [0.5, 0.6) is 0 Å². The van der Waals surface area contributed by atoms with Crippen LogP contribution in [0.3, 0.4) is 0 Å². The molecule has 3 heterocycles. The first-order chi connectivity index (χ1) is 10.7. The lowest BCUT2D eigenvalue weighted by Crippen LogP contribution is -2.48. The van der Waals surface area contributed by atoms with E-state index >= 15 is 0 Å². The largest absolute Gasteiger partial charge is 0.318 e. The van der Waals surface area contributed by atoms with Crippen LogP contribution in [-0.4, -0.2) is 53.6 Å². The van der Waals surface area contributed by atoms with Gasteiger partial charge in [-0.25, -0.2) is 4.39 Å². The van der Waals surface area contributed by atoms with Gasteiger partial charge in [0.1, 0.15) is 5.83 Å². The molecule has 1 saturated heterocycles. The van der Waals surface area contributed by atoms with Gasteiger partial charge >= 0.3 is 0 Å². The third-order valence-corrected chi connectivity index (χ3v) is 5.86. The van der Waals surface area contributed by atoms with E-state index in [1.165, 1.54) is 0 Å². The van der Waals surface area contributed by atoms with Gasteiger partial charge in [0.25, 0.3) is 0 Å². The molecule has 3 aliphatic rings. The second-order valence-corrected chi connectivity index (χ2v) is 7.25. The van der Waals surface area contributed by atoms with Crippen LogP contribution in [0.1, 0.15) is 6.42 Å². The zero-order valence-corrected chi connectivity index (χ0v) is 13.5. The lowest BCUT2D eigenvalue weighted by Gasteiger charge is -2.38. The number of fused-ring (bicyclic) bond motifs is 1. The van der Waals surface area contributed by atoms with E-state index in [2.05, 4.69) is 27.5 Å². The Hall–Kier alpha value is -1.30. The average Bonchev–Trinajstić information content (AvgIpc) is 2.87. The first kappa shape index (κ1) is 14.3. The summed E-state index contributed by atoms with van der Waals surface area (Å²) < 4.78 is 16.7. The Morgan fingerprint density at radius 2 is 2.05 bits per heavy atom. The number of rotatable bonds is 1. The highest BCUT2D eigenvalue weighted by Gasteiger charge is 2.29. The first-order valence-corrected chi connectivity index (χ1v) is 8.59. The van der Waals surface area contributed by atoms with Crippen molar-refractivity contribution in [2.45, 2.75) is 17.5 Å². The van der Waals surface area contributed by atoms with Crippen molar-refractivity contribution in [3.8, 4) is 0 Å². The molecule has 0 amide bonds. The van der Waals surface area contributed by atoms with Crippen molar-refractivity contribution >= 4 is 18.0 Å². The highest BCUT2D eigenvalue weighted by molar-refractivity contribution is 8.03. The van der Waals surface area contributed by atoms with Crippen LogP contribution >= 0.6 is 11.8 Å². The van der Waals surface area contributed by atoms with Crippen molar-refractivity contribution in [3.05, 3.63) is 46.8 Å². The number of hydrogen-bond donors (Lipinski definition) is 0. The van der Waals surface area contributed by atoms with E-state index < -0.39 is 0 Å². The van der Waals surface area contributed by atoms with Gasteiger partial charge in [-0.15, -0.1) is 0 Å². The number of likely N-dealkylation sites (N-methyl/N-ethyl adjacent to an activating group) is 1. The Balaban J connectivity index is 1.58. The van der Waals surface area contributed by atoms with Gasteiger partial charge in [-0.1, -0.05) is 11.8 Å². The van der Waals surface area contributed by atoms with Crippen LogP contribution < -0.4 is 0 Å². The van der Waals surface area contributed by atoms with E-state index in [1.54, 1.807) is 11.8 Å². The summed E-state index contributed by atoms with van der Waals surface area (Å²) >= 11 is 1.70. The van der Waals surface area contributed by atoms with E-state index in [9.17, 15) is 4.39 Å². The molecule has 5 heteroatoms. The van der Waals surface area contributed by atoms with Crippen LogP contribution in [0.25, 0.3) is 6.20 Å². The molecule has 3 nitrogen and oxygen atoms in total. The summed E-state index contributed by atoms with van der Waals surface area (Å²) in [6.07, 6.45) is 8.60. The quantitative estimate of drug-likeness (QED) is 0.789. The topological polar surface area (TPSA) is 11.4 Å². The molecule has 0 spiro atoms.